The number of ether oxygens (including phenoxy) is 1. The molecule has 1 heterocycles. The standard InChI is InChI=1S/C12H17N3O2/c1-17-11-6-8(2-3-10(11)14)12(16)15-5-4-9(13)7-15/h2-3,6,9H,4-5,7,13-14H2,1H3. The molecule has 5 heteroatoms. The van der Waals surface area contributed by atoms with Gasteiger partial charge in [0.05, 0.1) is 12.8 Å². The van der Waals surface area contributed by atoms with Crippen molar-refractivity contribution in [2.24, 2.45) is 5.73 Å². The fourth-order valence-electron chi connectivity index (χ4n) is 2.00. The van der Waals surface area contributed by atoms with Crippen molar-refractivity contribution >= 4 is 11.6 Å². The van der Waals surface area contributed by atoms with E-state index in [1.807, 2.05) is 0 Å². The fourth-order valence-corrected chi connectivity index (χ4v) is 2.00. The fraction of sp³-hybridized carbons (Fsp3) is 0.417. The zero-order chi connectivity index (χ0) is 12.4. The number of hydrogen-bond donors (Lipinski definition) is 2. The zero-order valence-corrected chi connectivity index (χ0v) is 9.85. The number of nitrogens with two attached hydrogens (primary N) is 2. The van der Waals surface area contributed by atoms with E-state index in [9.17, 15) is 4.79 Å². The van der Waals surface area contributed by atoms with Crippen LogP contribution in [0.15, 0.2) is 18.2 Å². The topological polar surface area (TPSA) is 81.6 Å². The van der Waals surface area contributed by atoms with Crippen molar-refractivity contribution in [1.29, 1.82) is 0 Å². The Kier molecular flexibility index (Phi) is 3.19. The molecule has 0 radical (unpaired) electrons. The molecule has 1 aromatic carbocycles. The average Bonchev–Trinajstić information content (AvgIpc) is 2.75. The Morgan fingerprint density at radius 1 is 1.53 bits per heavy atom. The van der Waals surface area contributed by atoms with Gasteiger partial charge in [0.2, 0.25) is 0 Å². The monoisotopic (exact) mass is 235 g/mol. The molecule has 1 aromatic rings. The molecular formula is C12H17N3O2. The summed E-state index contributed by atoms with van der Waals surface area (Å²) >= 11 is 0. The molecule has 1 aliphatic rings. The number of nitrogen functional groups attached to an aromatic ring is 1. The van der Waals surface area contributed by atoms with Crippen LogP contribution in [-0.4, -0.2) is 37.0 Å². The number of anilines is 1. The number of benzene rings is 1. The molecule has 2 rings (SSSR count). The van der Waals surface area contributed by atoms with Gasteiger partial charge in [0.15, 0.2) is 0 Å². The summed E-state index contributed by atoms with van der Waals surface area (Å²) in [6, 6.07) is 5.16. The Balaban J connectivity index is 2.19. The van der Waals surface area contributed by atoms with Crippen molar-refractivity contribution < 1.29 is 9.53 Å². The Morgan fingerprint density at radius 3 is 2.88 bits per heavy atom. The molecule has 0 spiro atoms. The lowest BCUT2D eigenvalue weighted by Gasteiger charge is -2.16. The van der Waals surface area contributed by atoms with E-state index in [4.69, 9.17) is 16.2 Å². The minimum atomic E-state index is -0.0174. The highest BCUT2D eigenvalue weighted by molar-refractivity contribution is 5.95. The molecule has 92 valence electrons. The third kappa shape index (κ3) is 2.34. The number of hydrogen-bond acceptors (Lipinski definition) is 4. The van der Waals surface area contributed by atoms with E-state index in [0.29, 0.717) is 30.1 Å². The van der Waals surface area contributed by atoms with Gasteiger partial charge in [-0.3, -0.25) is 4.79 Å². The lowest BCUT2D eigenvalue weighted by molar-refractivity contribution is 0.0790. The number of carbonyl (C=O) groups excluding carboxylic acids is 1. The van der Waals surface area contributed by atoms with Crippen molar-refractivity contribution in [3.63, 3.8) is 0 Å². The van der Waals surface area contributed by atoms with Crippen LogP contribution in [0.2, 0.25) is 0 Å². The van der Waals surface area contributed by atoms with Gasteiger partial charge in [-0.05, 0) is 24.6 Å². The van der Waals surface area contributed by atoms with Gasteiger partial charge in [-0.1, -0.05) is 0 Å². The van der Waals surface area contributed by atoms with Gasteiger partial charge in [0.1, 0.15) is 5.75 Å². The van der Waals surface area contributed by atoms with Gasteiger partial charge < -0.3 is 21.1 Å². The summed E-state index contributed by atoms with van der Waals surface area (Å²) in [4.78, 5) is 13.9. The van der Waals surface area contributed by atoms with Crippen molar-refractivity contribution in [1.82, 2.24) is 4.90 Å². The maximum atomic E-state index is 12.1. The van der Waals surface area contributed by atoms with Crippen LogP contribution < -0.4 is 16.2 Å². The summed E-state index contributed by atoms with van der Waals surface area (Å²) < 4.78 is 5.10. The second-order valence-corrected chi connectivity index (χ2v) is 4.26. The van der Waals surface area contributed by atoms with Crippen LogP contribution in [0.5, 0.6) is 5.75 Å². The SMILES string of the molecule is COc1cc(C(=O)N2CCC(N)C2)ccc1N. The minimum absolute atomic E-state index is 0.0174. The molecule has 17 heavy (non-hydrogen) atoms. The number of rotatable bonds is 2. The molecule has 0 aromatic heterocycles. The number of nitrogens with zero attached hydrogens (tertiary/aromatic N) is 1. The summed E-state index contributed by atoms with van der Waals surface area (Å²) in [6.45, 7) is 1.33. The van der Waals surface area contributed by atoms with Crippen LogP contribution in [0, 0.1) is 0 Å². The largest absolute Gasteiger partial charge is 0.495 e. The molecule has 1 aliphatic heterocycles. The van der Waals surface area contributed by atoms with Crippen molar-refractivity contribution in [2.45, 2.75) is 12.5 Å². The zero-order valence-electron chi connectivity index (χ0n) is 9.85. The highest BCUT2D eigenvalue weighted by Gasteiger charge is 2.24. The second-order valence-electron chi connectivity index (χ2n) is 4.26. The first-order valence-electron chi connectivity index (χ1n) is 5.60. The number of carbonyl (C=O) groups is 1. The average molecular weight is 235 g/mol. The van der Waals surface area contributed by atoms with E-state index < -0.39 is 0 Å². The molecule has 1 fully saturated rings. The van der Waals surface area contributed by atoms with Crippen molar-refractivity contribution in [3.05, 3.63) is 23.8 Å². The predicted octanol–water partition coefficient (Wildman–Crippen LogP) is 0.451. The molecule has 1 saturated heterocycles. The molecule has 4 N–H and O–H groups in total. The molecule has 1 amide bonds. The Morgan fingerprint density at radius 2 is 2.29 bits per heavy atom. The lowest BCUT2D eigenvalue weighted by atomic mass is 10.1. The van der Waals surface area contributed by atoms with Crippen molar-refractivity contribution in [2.75, 3.05) is 25.9 Å². The van der Waals surface area contributed by atoms with Gasteiger partial charge in [-0.2, -0.15) is 0 Å². The minimum Gasteiger partial charge on any atom is -0.495 e. The molecule has 0 saturated carbocycles. The molecule has 0 aliphatic carbocycles. The quantitative estimate of drug-likeness (QED) is 0.729. The summed E-state index contributed by atoms with van der Waals surface area (Å²) in [5.41, 5.74) is 12.6. The van der Waals surface area contributed by atoms with E-state index in [-0.39, 0.29) is 11.9 Å². The first kappa shape index (κ1) is 11.7. The summed E-state index contributed by atoms with van der Waals surface area (Å²) in [5.74, 6) is 0.510. The summed E-state index contributed by atoms with van der Waals surface area (Å²) in [7, 11) is 1.53. The van der Waals surface area contributed by atoms with Crippen LogP contribution >= 0.6 is 0 Å². The number of likely N-dealkylation sites (tertiary alicyclic amines) is 1. The van der Waals surface area contributed by atoms with Crippen LogP contribution in [-0.2, 0) is 0 Å². The van der Waals surface area contributed by atoms with Gasteiger partial charge in [-0.25, -0.2) is 0 Å². The first-order valence-corrected chi connectivity index (χ1v) is 5.60. The highest BCUT2D eigenvalue weighted by atomic mass is 16.5. The maximum absolute atomic E-state index is 12.1. The molecule has 1 atom stereocenters. The van der Waals surface area contributed by atoms with E-state index >= 15 is 0 Å². The van der Waals surface area contributed by atoms with Gasteiger partial charge in [0, 0.05) is 24.7 Å². The normalized spacial score (nSPS) is 19.4. The van der Waals surface area contributed by atoms with E-state index in [1.165, 1.54) is 7.11 Å². The number of methoxy groups -OCH3 is 1. The predicted molar refractivity (Wildman–Crippen MR) is 65.9 cm³/mol. The molecule has 5 nitrogen and oxygen atoms in total. The Hall–Kier alpha value is -1.75. The maximum Gasteiger partial charge on any atom is 0.254 e. The molecule has 1 unspecified atom stereocenters. The number of amides is 1. The summed E-state index contributed by atoms with van der Waals surface area (Å²) in [6.07, 6.45) is 0.859. The van der Waals surface area contributed by atoms with Gasteiger partial charge >= 0.3 is 0 Å². The van der Waals surface area contributed by atoms with E-state index in [0.717, 1.165) is 6.42 Å². The highest BCUT2D eigenvalue weighted by Crippen LogP contribution is 2.23. The van der Waals surface area contributed by atoms with Crippen LogP contribution in [0.4, 0.5) is 5.69 Å². The summed E-state index contributed by atoms with van der Waals surface area (Å²) in [5, 5.41) is 0. The van der Waals surface area contributed by atoms with Crippen LogP contribution in [0.3, 0.4) is 0 Å². The van der Waals surface area contributed by atoms with E-state index in [1.54, 1.807) is 23.1 Å². The lowest BCUT2D eigenvalue weighted by Crippen LogP contribution is -2.31. The Bertz CT molecular complexity index is 434. The molecule has 0 bridgehead atoms. The van der Waals surface area contributed by atoms with Gasteiger partial charge in [0.25, 0.3) is 5.91 Å². The molecular weight excluding hydrogens is 218 g/mol. The smallest absolute Gasteiger partial charge is 0.254 e. The van der Waals surface area contributed by atoms with E-state index in [2.05, 4.69) is 0 Å². The van der Waals surface area contributed by atoms with Crippen LogP contribution in [0.25, 0.3) is 0 Å². The third-order valence-electron chi connectivity index (χ3n) is 2.99. The second kappa shape index (κ2) is 4.63. The Labute approximate surface area is 100 Å². The van der Waals surface area contributed by atoms with Gasteiger partial charge in [-0.15, -0.1) is 0 Å². The first-order chi connectivity index (χ1) is 8.11. The van der Waals surface area contributed by atoms with Crippen LogP contribution in [0.1, 0.15) is 16.8 Å². The van der Waals surface area contributed by atoms with Crippen molar-refractivity contribution in [3.8, 4) is 5.75 Å². The third-order valence-corrected chi connectivity index (χ3v) is 2.99.